The van der Waals surface area contributed by atoms with Crippen LogP contribution >= 0.6 is 0 Å². The van der Waals surface area contributed by atoms with Crippen molar-refractivity contribution in [1.29, 1.82) is 0 Å². The summed E-state index contributed by atoms with van der Waals surface area (Å²) in [6.07, 6.45) is 7.24. The molecular weight excluding hydrogens is 492 g/mol. The van der Waals surface area contributed by atoms with Gasteiger partial charge in [-0.3, -0.25) is 10.00 Å². The number of nitrogens with one attached hydrogen (secondary N) is 2. The van der Waals surface area contributed by atoms with Gasteiger partial charge in [0.05, 0.1) is 13.2 Å². The number of carbonyl (C=O) groups is 1. The zero-order valence-corrected chi connectivity index (χ0v) is 21.7. The van der Waals surface area contributed by atoms with Crippen molar-refractivity contribution < 1.29 is 18.3 Å². The van der Waals surface area contributed by atoms with E-state index in [1.165, 1.54) is 24.6 Å². The lowest BCUT2D eigenvalue weighted by molar-refractivity contribution is 0.244. The molecule has 0 radical (unpaired) electrons. The zero-order valence-electron chi connectivity index (χ0n) is 21.7. The maximum absolute atomic E-state index is 14.8. The quantitative estimate of drug-likeness (QED) is 0.368. The first-order valence-electron chi connectivity index (χ1n) is 13.2. The molecule has 2 aliphatic rings. The van der Waals surface area contributed by atoms with E-state index in [0.29, 0.717) is 12.3 Å². The topological polar surface area (TPSA) is 120 Å². The van der Waals surface area contributed by atoms with E-state index in [4.69, 9.17) is 10.5 Å². The molecule has 0 atom stereocenters. The summed E-state index contributed by atoms with van der Waals surface area (Å²) in [4.78, 5) is 21.4. The first kappa shape index (κ1) is 25.9. The van der Waals surface area contributed by atoms with Crippen molar-refractivity contribution >= 4 is 17.7 Å². The molecule has 0 saturated heterocycles. The lowest BCUT2D eigenvalue weighted by Gasteiger charge is -2.22. The average molecular weight is 526 g/mol. The number of hydrogen-bond donors (Lipinski definition) is 3. The minimum absolute atomic E-state index is 0.0893. The first-order valence-corrected chi connectivity index (χ1v) is 13.2. The Bertz CT molecular complexity index is 1310. The Kier molecular flexibility index (Phi) is 7.44. The Hall–Kier alpha value is -3.76. The van der Waals surface area contributed by atoms with Crippen LogP contribution in [-0.2, 0) is 6.54 Å². The molecule has 0 spiro atoms. The zero-order chi connectivity index (χ0) is 26.8. The van der Waals surface area contributed by atoms with Crippen molar-refractivity contribution in [2.75, 3.05) is 17.7 Å². The SMILES string of the molecule is CCOc1cc(F)c(Cn2nc(-c3nc(N)cc(NC(=O)NC4CCCCC4)n3)c(C)c2C2CC2)c(F)c1. The van der Waals surface area contributed by atoms with E-state index in [-0.39, 0.29) is 53.3 Å². The number of urea groups is 1. The molecule has 5 rings (SSSR count). The van der Waals surface area contributed by atoms with E-state index >= 15 is 0 Å². The van der Waals surface area contributed by atoms with Gasteiger partial charge in [0.25, 0.3) is 0 Å². The van der Waals surface area contributed by atoms with Crippen LogP contribution in [0.5, 0.6) is 5.75 Å². The van der Waals surface area contributed by atoms with Gasteiger partial charge in [0.15, 0.2) is 5.82 Å². The van der Waals surface area contributed by atoms with Crippen molar-refractivity contribution in [3.8, 4) is 17.3 Å². The summed E-state index contributed by atoms with van der Waals surface area (Å²) in [5.74, 6) is -0.332. The van der Waals surface area contributed by atoms with E-state index in [9.17, 15) is 13.6 Å². The number of rotatable bonds is 8. The molecule has 9 nitrogen and oxygen atoms in total. The van der Waals surface area contributed by atoms with Crippen LogP contribution < -0.4 is 21.1 Å². The summed E-state index contributed by atoms with van der Waals surface area (Å²) in [5.41, 5.74) is 8.13. The minimum atomic E-state index is -0.694. The molecule has 2 fully saturated rings. The van der Waals surface area contributed by atoms with Crippen molar-refractivity contribution in [2.24, 2.45) is 0 Å². The molecule has 11 heteroatoms. The second kappa shape index (κ2) is 10.9. The van der Waals surface area contributed by atoms with Crippen molar-refractivity contribution in [1.82, 2.24) is 25.1 Å². The molecule has 2 amide bonds. The first-order chi connectivity index (χ1) is 18.3. The Labute approximate surface area is 220 Å². The third-order valence-corrected chi connectivity index (χ3v) is 7.08. The minimum Gasteiger partial charge on any atom is -0.494 e. The molecule has 2 aromatic heterocycles. The lowest BCUT2D eigenvalue weighted by Crippen LogP contribution is -2.39. The second-order valence-electron chi connectivity index (χ2n) is 10.0. The maximum atomic E-state index is 14.8. The highest BCUT2D eigenvalue weighted by Crippen LogP contribution is 2.44. The summed E-state index contributed by atoms with van der Waals surface area (Å²) >= 11 is 0. The Morgan fingerprint density at radius 1 is 1.11 bits per heavy atom. The van der Waals surface area contributed by atoms with Gasteiger partial charge in [0.1, 0.15) is 34.7 Å². The fourth-order valence-electron chi connectivity index (χ4n) is 5.12. The van der Waals surface area contributed by atoms with Gasteiger partial charge in [-0.05, 0) is 39.5 Å². The number of nitrogen functional groups attached to an aromatic ring is 1. The Morgan fingerprint density at radius 3 is 2.47 bits per heavy atom. The van der Waals surface area contributed by atoms with E-state index < -0.39 is 11.6 Å². The van der Waals surface area contributed by atoms with Crippen molar-refractivity contribution in [3.05, 3.63) is 46.7 Å². The van der Waals surface area contributed by atoms with Crippen LogP contribution in [0.4, 0.5) is 25.2 Å². The summed E-state index contributed by atoms with van der Waals surface area (Å²) in [6.45, 7) is 3.87. The predicted octanol–water partition coefficient (Wildman–Crippen LogP) is 5.29. The number of ether oxygens (including phenoxy) is 1. The van der Waals surface area contributed by atoms with Gasteiger partial charge in [0.2, 0.25) is 0 Å². The van der Waals surface area contributed by atoms with E-state index in [2.05, 4.69) is 25.7 Å². The van der Waals surface area contributed by atoms with Gasteiger partial charge < -0.3 is 15.8 Å². The highest BCUT2D eigenvalue weighted by atomic mass is 19.1. The normalized spacial score (nSPS) is 15.9. The second-order valence-corrected chi connectivity index (χ2v) is 10.0. The molecule has 2 aliphatic carbocycles. The van der Waals surface area contributed by atoms with Gasteiger partial charge in [-0.2, -0.15) is 5.10 Å². The number of aromatic nitrogens is 4. The fourth-order valence-corrected chi connectivity index (χ4v) is 5.12. The number of hydrogen-bond acceptors (Lipinski definition) is 6. The highest BCUT2D eigenvalue weighted by molar-refractivity contribution is 5.89. The smallest absolute Gasteiger partial charge is 0.320 e. The van der Waals surface area contributed by atoms with Crippen LogP contribution in [-0.4, -0.2) is 38.4 Å². The summed E-state index contributed by atoms with van der Waals surface area (Å²) in [5, 5.41) is 10.4. The fraction of sp³-hybridized carbons (Fsp3) is 0.481. The molecule has 202 valence electrons. The number of amides is 2. The van der Waals surface area contributed by atoms with Crippen LogP contribution in [0.25, 0.3) is 11.5 Å². The molecule has 1 aromatic carbocycles. The summed E-state index contributed by atoms with van der Waals surface area (Å²) in [6, 6.07) is 3.66. The molecule has 2 heterocycles. The highest BCUT2D eigenvalue weighted by Gasteiger charge is 2.32. The Balaban J connectivity index is 1.42. The largest absolute Gasteiger partial charge is 0.494 e. The lowest BCUT2D eigenvalue weighted by atomic mass is 9.96. The third kappa shape index (κ3) is 5.71. The number of nitrogens with zero attached hydrogens (tertiary/aromatic N) is 4. The predicted molar refractivity (Wildman–Crippen MR) is 140 cm³/mol. The van der Waals surface area contributed by atoms with Crippen LogP contribution in [0, 0.1) is 18.6 Å². The molecule has 3 aromatic rings. The number of benzene rings is 1. The average Bonchev–Trinajstić information content (AvgIpc) is 3.64. The number of halogens is 2. The molecule has 4 N–H and O–H groups in total. The molecular formula is C27H33F2N7O2. The van der Waals surface area contributed by atoms with Crippen LogP contribution in [0.3, 0.4) is 0 Å². The van der Waals surface area contributed by atoms with Gasteiger partial charge in [-0.15, -0.1) is 0 Å². The Morgan fingerprint density at radius 2 is 1.82 bits per heavy atom. The van der Waals surface area contributed by atoms with E-state index in [1.807, 2.05) is 6.92 Å². The summed E-state index contributed by atoms with van der Waals surface area (Å²) in [7, 11) is 0. The van der Waals surface area contributed by atoms with E-state index in [0.717, 1.165) is 49.8 Å². The van der Waals surface area contributed by atoms with Crippen molar-refractivity contribution in [2.45, 2.75) is 77.3 Å². The number of nitrogens with two attached hydrogens (primary N) is 1. The van der Waals surface area contributed by atoms with Gasteiger partial charge in [-0.1, -0.05) is 19.3 Å². The molecule has 2 saturated carbocycles. The van der Waals surface area contributed by atoms with E-state index in [1.54, 1.807) is 11.6 Å². The number of carbonyl (C=O) groups excluding carboxylic acids is 1. The molecule has 0 aliphatic heterocycles. The standard InChI is InChI=1S/C27H33F2N7O2/c1-3-38-18-11-20(28)19(21(29)12-18)14-36-25(16-9-10-16)15(2)24(35-36)26-32-22(30)13-23(33-26)34-27(37)31-17-7-5-4-6-8-17/h11-13,16-17H,3-10,14H2,1-2H3,(H4,30,31,32,33,34,37). The van der Waals surface area contributed by atoms with Gasteiger partial charge >= 0.3 is 6.03 Å². The van der Waals surface area contributed by atoms with Gasteiger partial charge in [0, 0.05) is 47.0 Å². The van der Waals surface area contributed by atoms with Crippen LogP contribution in [0.1, 0.15) is 74.6 Å². The van der Waals surface area contributed by atoms with Crippen LogP contribution in [0.2, 0.25) is 0 Å². The molecule has 0 unspecified atom stereocenters. The number of anilines is 2. The maximum Gasteiger partial charge on any atom is 0.320 e. The molecule has 0 bridgehead atoms. The van der Waals surface area contributed by atoms with Gasteiger partial charge in [-0.25, -0.2) is 23.5 Å². The van der Waals surface area contributed by atoms with Crippen molar-refractivity contribution in [3.63, 3.8) is 0 Å². The third-order valence-electron chi connectivity index (χ3n) is 7.08. The monoisotopic (exact) mass is 525 g/mol. The summed E-state index contributed by atoms with van der Waals surface area (Å²) < 4.78 is 36.6. The van der Waals surface area contributed by atoms with Crippen LogP contribution in [0.15, 0.2) is 18.2 Å². The molecule has 38 heavy (non-hydrogen) atoms.